The highest BCUT2D eigenvalue weighted by molar-refractivity contribution is 7.13. The van der Waals surface area contributed by atoms with Crippen LogP contribution in [0.1, 0.15) is 19.5 Å². The number of hydrogen-bond donors (Lipinski definition) is 2. The Balaban J connectivity index is 2.70. The molecule has 0 bridgehead atoms. The fraction of sp³-hybridized carbons (Fsp3) is 0.455. The summed E-state index contributed by atoms with van der Waals surface area (Å²) in [6, 6.07) is 0. The summed E-state index contributed by atoms with van der Waals surface area (Å²) in [5, 5.41) is 14.2. The molecular weight excluding hydrogens is 284 g/mol. The fourth-order valence-electron chi connectivity index (χ4n) is 1.41. The van der Waals surface area contributed by atoms with Crippen molar-refractivity contribution in [1.82, 2.24) is 9.88 Å². The van der Waals surface area contributed by atoms with Crippen LogP contribution in [0.4, 0.5) is 5.13 Å². The van der Waals surface area contributed by atoms with E-state index in [1.54, 1.807) is 4.90 Å². The van der Waals surface area contributed by atoms with Crippen molar-refractivity contribution in [1.29, 1.82) is 0 Å². The van der Waals surface area contributed by atoms with Gasteiger partial charge in [-0.3, -0.25) is 4.79 Å². The highest BCUT2D eigenvalue weighted by atomic mass is 32.1. The number of carbonyl (C=O) groups is 2. The zero-order valence-corrected chi connectivity index (χ0v) is 12.0. The number of amides is 1. The largest absolute Gasteiger partial charge is 0.476 e. The summed E-state index contributed by atoms with van der Waals surface area (Å²) in [6.07, 6.45) is 0. The average molecular weight is 300 g/mol. The topological polar surface area (TPSA) is 118 Å². The summed E-state index contributed by atoms with van der Waals surface area (Å²) in [4.78, 5) is 32.9. The molecule has 0 saturated heterocycles. The lowest BCUT2D eigenvalue weighted by Crippen LogP contribution is -2.33. The van der Waals surface area contributed by atoms with Crippen LogP contribution >= 0.6 is 11.3 Å². The van der Waals surface area contributed by atoms with E-state index in [0.29, 0.717) is 13.1 Å². The second-order valence-electron chi connectivity index (χ2n) is 3.66. The minimum atomic E-state index is -1.30. The number of likely N-dealkylation sites (N-methyl/N-ethyl adjacent to an activating group) is 1. The van der Waals surface area contributed by atoms with Gasteiger partial charge in [-0.05, 0) is 13.8 Å². The van der Waals surface area contributed by atoms with E-state index in [2.05, 4.69) is 10.1 Å². The second kappa shape index (κ2) is 7.43. The third-order valence-corrected chi connectivity index (χ3v) is 3.10. The average Bonchev–Trinajstić information content (AvgIpc) is 2.82. The molecule has 0 aliphatic carbocycles. The Hall–Kier alpha value is -2.16. The Morgan fingerprint density at radius 1 is 1.50 bits per heavy atom. The molecule has 0 radical (unpaired) electrons. The maximum atomic E-state index is 11.6. The molecule has 1 amide bonds. The molecule has 3 N–H and O–H groups in total. The number of hydrogen-bond acceptors (Lipinski definition) is 7. The maximum absolute atomic E-state index is 11.6. The number of oxime groups is 1. The molecule has 1 rings (SSSR count). The predicted molar refractivity (Wildman–Crippen MR) is 74.6 cm³/mol. The number of anilines is 1. The van der Waals surface area contributed by atoms with E-state index in [1.807, 2.05) is 13.8 Å². The van der Waals surface area contributed by atoms with Gasteiger partial charge < -0.3 is 20.6 Å². The van der Waals surface area contributed by atoms with Gasteiger partial charge in [0.2, 0.25) is 5.71 Å². The lowest BCUT2D eigenvalue weighted by atomic mass is 10.3. The molecule has 1 heterocycles. The van der Waals surface area contributed by atoms with Gasteiger partial charge in [0.15, 0.2) is 11.7 Å². The van der Waals surface area contributed by atoms with E-state index in [0.717, 1.165) is 11.3 Å². The number of aliphatic carboxylic acids is 1. The first-order chi connectivity index (χ1) is 9.49. The lowest BCUT2D eigenvalue weighted by Gasteiger charge is -2.17. The van der Waals surface area contributed by atoms with Gasteiger partial charge in [0.05, 0.1) is 0 Å². The normalized spacial score (nSPS) is 11.2. The van der Waals surface area contributed by atoms with Crippen LogP contribution in [0.2, 0.25) is 0 Å². The van der Waals surface area contributed by atoms with Gasteiger partial charge >= 0.3 is 5.97 Å². The Kier molecular flexibility index (Phi) is 5.91. The van der Waals surface area contributed by atoms with Crippen molar-refractivity contribution in [2.75, 3.05) is 25.4 Å². The Bertz CT molecular complexity index is 510. The summed E-state index contributed by atoms with van der Waals surface area (Å²) in [5.41, 5.74) is 5.15. The van der Waals surface area contributed by atoms with Gasteiger partial charge in [-0.25, -0.2) is 9.78 Å². The Morgan fingerprint density at radius 3 is 2.60 bits per heavy atom. The molecule has 0 aromatic carbocycles. The predicted octanol–water partition coefficient (Wildman–Crippen LogP) is 0.399. The van der Waals surface area contributed by atoms with E-state index in [9.17, 15) is 9.59 Å². The monoisotopic (exact) mass is 300 g/mol. The second-order valence-corrected chi connectivity index (χ2v) is 4.55. The lowest BCUT2D eigenvalue weighted by molar-refractivity contribution is -0.136. The van der Waals surface area contributed by atoms with E-state index in [-0.39, 0.29) is 29.1 Å². The smallest absolute Gasteiger partial charge is 0.360 e. The van der Waals surface area contributed by atoms with Crippen LogP contribution in [0.3, 0.4) is 0 Å². The van der Waals surface area contributed by atoms with E-state index in [4.69, 9.17) is 15.7 Å². The summed E-state index contributed by atoms with van der Waals surface area (Å²) in [5.74, 6) is -1.56. The molecule has 1 aromatic rings. The van der Waals surface area contributed by atoms with Gasteiger partial charge in [-0.1, -0.05) is 5.16 Å². The van der Waals surface area contributed by atoms with Crippen molar-refractivity contribution in [3.63, 3.8) is 0 Å². The van der Waals surface area contributed by atoms with E-state index < -0.39 is 5.97 Å². The Morgan fingerprint density at radius 2 is 2.15 bits per heavy atom. The van der Waals surface area contributed by atoms with E-state index in [1.165, 1.54) is 5.38 Å². The minimum absolute atomic E-state index is 0.107. The van der Waals surface area contributed by atoms with Crippen molar-refractivity contribution in [2.24, 2.45) is 5.16 Å². The number of rotatable bonds is 7. The quantitative estimate of drug-likeness (QED) is 0.556. The van der Waals surface area contributed by atoms with Crippen molar-refractivity contribution in [2.45, 2.75) is 13.8 Å². The number of carboxylic acids is 1. The molecule has 0 aliphatic rings. The molecule has 20 heavy (non-hydrogen) atoms. The van der Waals surface area contributed by atoms with Crippen LogP contribution < -0.4 is 5.73 Å². The number of nitrogens with two attached hydrogens (primary N) is 1. The van der Waals surface area contributed by atoms with Gasteiger partial charge in [0, 0.05) is 18.5 Å². The third-order valence-electron chi connectivity index (χ3n) is 2.43. The van der Waals surface area contributed by atoms with Crippen LogP contribution in [-0.2, 0) is 14.4 Å². The van der Waals surface area contributed by atoms with Crippen molar-refractivity contribution < 1.29 is 19.5 Å². The van der Waals surface area contributed by atoms with Gasteiger partial charge in [-0.2, -0.15) is 0 Å². The van der Waals surface area contributed by atoms with Crippen LogP contribution in [0, 0.1) is 0 Å². The molecule has 110 valence electrons. The minimum Gasteiger partial charge on any atom is -0.476 e. The molecule has 0 saturated carbocycles. The number of carbonyl (C=O) groups excluding carboxylic acids is 1. The number of thiazole rings is 1. The van der Waals surface area contributed by atoms with Crippen molar-refractivity contribution >= 4 is 34.1 Å². The number of nitrogens with zero attached hydrogens (tertiary/aromatic N) is 3. The maximum Gasteiger partial charge on any atom is 0.360 e. The van der Waals surface area contributed by atoms with Crippen molar-refractivity contribution in [3.8, 4) is 0 Å². The molecule has 8 nitrogen and oxygen atoms in total. The molecular formula is C11H16N4O4S. The molecule has 0 unspecified atom stereocenters. The number of carboxylic acid groups (broad SMARTS) is 1. The summed E-state index contributed by atoms with van der Waals surface area (Å²) < 4.78 is 0. The molecule has 1 aromatic heterocycles. The first kappa shape index (κ1) is 15.9. The van der Waals surface area contributed by atoms with Crippen LogP contribution in [0.5, 0.6) is 0 Å². The highest BCUT2D eigenvalue weighted by Crippen LogP contribution is 2.12. The third kappa shape index (κ3) is 4.19. The first-order valence-corrected chi connectivity index (χ1v) is 6.79. The zero-order chi connectivity index (χ0) is 15.1. The van der Waals surface area contributed by atoms with Crippen molar-refractivity contribution in [3.05, 3.63) is 11.1 Å². The van der Waals surface area contributed by atoms with Gasteiger partial charge in [-0.15, -0.1) is 11.3 Å². The molecule has 0 fully saturated rings. The molecule has 9 heteroatoms. The first-order valence-electron chi connectivity index (χ1n) is 5.91. The highest BCUT2D eigenvalue weighted by Gasteiger charge is 2.17. The van der Waals surface area contributed by atoms with Crippen LogP contribution in [0.15, 0.2) is 10.5 Å². The molecule has 0 aliphatic heterocycles. The zero-order valence-electron chi connectivity index (χ0n) is 11.2. The van der Waals surface area contributed by atoms with E-state index >= 15 is 0 Å². The van der Waals surface area contributed by atoms with Crippen LogP contribution in [-0.4, -0.2) is 52.3 Å². The number of aromatic nitrogens is 1. The summed E-state index contributed by atoms with van der Waals surface area (Å²) in [6.45, 7) is 4.46. The summed E-state index contributed by atoms with van der Waals surface area (Å²) >= 11 is 1.09. The number of nitrogen functional groups attached to an aromatic ring is 1. The fourth-order valence-corrected chi connectivity index (χ4v) is 1.96. The standard InChI is InChI=1S/C11H16N4O4S/c1-3-15(4-2)8(16)5-19-14-9(10(17)18)7-6-20-11(12)13-7/h6H,3-5H2,1-2H3,(H2,12,13)(H,17,18). The van der Waals surface area contributed by atoms with Gasteiger partial charge in [0.25, 0.3) is 5.91 Å². The van der Waals surface area contributed by atoms with Crippen LogP contribution in [0.25, 0.3) is 0 Å². The molecule has 0 atom stereocenters. The molecule has 0 spiro atoms. The summed E-state index contributed by atoms with van der Waals surface area (Å²) in [7, 11) is 0. The SMILES string of the molecule is CCN(CC)C(=O)CON=C(C(=O)O)c1csc(N)n1. The Labute approximate surface area is 119 Å². The van der Waals surface area contributed by atoms with Gasteiger partial charge in [0.1, 0.15) is 5.69 Å².